The van der Waals surface area contributed by atoms with Crippen LogP contribution in [0, 0.1) is 11.8 Å². The maximum absolute atomic E-state index is 6.07. The highest BCUT2D eigenvalue weighted by Gasteiger charge is 2.45. The number of nitrogens with one attached hydrogen (secondary N) is 1. The molecule has 1 N–H and O–H groups in total. The molecule has 0 radical (unpaired) electrons. The van der Waals surface area contributed by atoms with Gasteiger partial charge in [0.1, 0.15) is 11.3 Å². The molecule has 2 atom stereocenters. The maximum atomic E-state index is 6.07. The van der Waals surface area contributed by atoms with Crippen LogP contribution >= 0.6 is 11.6 Å². The van der Waals surface area contributed by atoms with Crippen molar-refractivity contribution in [3.8, 4) is 11.3 Å². The molecule has 110 valence electrons. The summed E-state index contributed by atoms with van der Waals surface area (Å²) < 4.78 is 0. The summed E-state index contributed by atoms with van der Waals surface area (Å²) in [4.78, 5) is 11.6. The Morgan fingerprint density at radius 3 is 2.91 bits per heavy atom. The minimum Gasteiger partial charge on any atom is -0.355 e. The summed E-state index contributed by atoms with van der Waals surface area (Å²) in [6.07, 6.45) is 3.24. The lowest BCUT2D eigenvalue weighted by Gasteiger charge is -2.17. The number of H-pyrrole nitrogens is 1. The first-order valence-corrected chi connectivity index (χ1v) is 7.88. The van der Waals surface area contributed by atoms with Gasteiger partial charge in [-0.1, -0.05) is 23.7 Å². The van der Waals surface area contributed by atoms with E-state index in [4.69, 9.17) is 11.6 Å². The number of anilines is 1. The Balaban J connectivity index is 1.55. The highest BCUT2D eigenvalue weighted by molar-refractivity contribution is 6.30. The second kappa shape index (κ2) is 4.43. The van der Waals surface area contributed by atoms with Crippen LogP contribution < -0.4 is 4.90 Å². The van der Waals surface area contributed by atoms with E-state index < -0.39 is 0 Å². The molecule has 3 aromatic rings. The van der Waals surface area contributed by atoms with Gasteiger partial charge in [0, 0.05) is 23.7 Å². The molecule has 22 heavy (non-hydrogen) atoms. The lowest BCUT2D eigenvalue weighted by molar-refractivity contribution is 0.804. The first-order valence-electron chi connectivity index (χ1n) is 7.50. The zero-order chi connectivity index (χ0) is 14.7. The quantitative estimate of drug-likeness (QED) is 0.790. The average molecular weight is 312 g/mol. The molecule has 0 bridgehead atoms. The molecule has 1 saturated carbocycles. The van der Waals surface area contributed by atoms with E-state index in [-0.39, 0.29) is 0 Å². The van der Waals surface area contributed by atoms with Crippen LogP contribution in [0.15, 0.2) is 30.5 Å². The number of fused-ring (bicyclic) bond motifs is 2. The lowest BCUT2D eigenvalue weighted by atomic mass is 10.1. The third-order valence-electron chi connectivity index (χ3n) is 4.67. The van der Waals surface area contributed by atoms with Gasteiger partial charge in [0.25, 0.3) is 0 Å². The Hall–Kier alpha value is -2.14. The number of rotatable bonds is 2. The van der Waals surface area contributed by atoms with Gasteiger partial charge in [0.05, 0.1) is 11.9 Å². The monoisotopic (exact) mass is 311 g/mol. The number of aromatic nitrogens is 4. The highest BCUT2D eigenvalue weighted by Crippen LogP contribution is 2.45. The number of aromatic amines is 1. The van der Waals surface area contributed by atoms with Gasteiger partial charge in [-0.3, -0.25) is 5.10 Å². The first kappa shape index (κ1) is 12.4. The Morgan fingerprint density at radius 2 is 2.09 bits per heavy atom. The van der Waals surface area contributed by atoms with Crippen LogP contribution in [0.1, 0.15) is 6.42 Å². The highest BCUT2D eigenvalue weighted by atomic mass is 35.5. The topological polar surface area (TPSA) is 57.7 Å². The van der Waals surface area contributed by atoms with Crippen LogP contribution in [-0.4, -0.2) is 33.3 Å². The molecule has 5 rings (SSSR count). The molecule has 0 spiro atoms. The molecule has 1 saturated heterocycles. The molecular weight excluding hydrogens is 298 g/mol. The average Bonchev–Trinajstić information content (AvgIpc) is 2.97. The van der Waals surface area contributed by atoms with Crippen molar-refractivity contribution < 1.29 is 0 Å². The molecule has 1 aromatic carbocycles. The Bertz CT molecular complexity index is 864. The number of nitrogens with zero attached hydrogens (tertiary/aromatic N) is 4. The number of hydrogen-bond donors (Lipinski definition) is 1. The predicted molar refractivity (Wildman–Crippen MR) is 85.9 cm³/mol. The second-order valence-electron chi connectivity index (χ2n) is 6.17. The molecule has 6 heteroatoms. The standard InChI is InChI=1S/C16H14ClN5/c17-12-3-1-2-9(5-12)14-15-16(21-20-14)19-13(6-18-15)22-7-10-4-11(10)8-22/h1-3,5-6,10-11H,4,7-8H2,(H,19,20,21). The van der Waals surface area contributed by atoms with E-state index in [2.05, 4.69) is 25.1 Å². The van der Waals surface area contributed by atoms with Crippen molar-refractivity contribution in [1.29, 1.82) is 0 Å². The van der Waals surface area contributed by atoms with Crippen LogP contribution in [0.5, 0.6) is 0 Å². The van der Waals surface area contributed by atoms with E-state index in [1.54, 1.807) is 0 Å². The summed E-state index contributed by atoms with van der Waals surface area (Å²) in [6.45, 7) is 2.22. The van der Waals surface area contributed by atoms with Crippen LogP contribution in [0.2, 0.25) is 5.02 Å². The smallest absolute Gasteiger partial charge is 0.202 e. The summed E-state index contributed by atoms with van der Waals surface area (Å²) in [7, 11) is 0. The summed E-state index contributed by atoms with van der Waals surface area (Å²) in [5.74, 6) is 2.68. The molecule has 5 nitrogen and oxygen atoms in total. The fraction of sp³-hybridized carbons (Fsp3) is 0.312. The van der Waals surface area contributed by atoms with Crippen LogP contribution in [0.25, 0.3) is 22.4 Å². The van der Waals surface area contributed by atoms with E-state index in [0.717, 1.165) is 47.5 Å². The molecule has 2 fully saturated rings. The zero-order valence-electron chi connectivity index (χ0n) is 11.8. The first-order chi connectivity index (χ1) is 10.8. The molecule has 3 heterocycles. The van der Waals surface area contributed by atoms with E-state index in [1.807, 2.05) is 30.5 Å². The van der Waals surface area contributed by atoms with E-state index >= 15 is 0 Å². The molecule has 0 amide bonds. The SMILES string of the molecule is Clc1cccc(-c2[nH]nc3nc(N4CC5CC5C4)cnc23)c1. The van der Waals surface area contributed by atoms with E-state index in [1.165, 1.54) is 6.42 Å². The summed E-state index contributed by atoms with van der Waals surface area (Å²) in [5, 5.41) is 8.05. The molecule has 2 aromatic heterocycles. The van der Waals surface area contributed by atoms with Gasteiger partial charge in [0.15, 0.2) is 0 Å². The van der Waals surface area contributed by atoms with Gasteiger partial charge in [-0.2, -0.15) is 5.10 Å². The largest absolute Gasteiger partial charge is 0.355 e. The number of halogens is 1. The lowest BCUT2D eigenvalue weighted by Crippen LogP contribution is -2.22. The van der Waals surface area contributed by atoms with Crippen molar-refractivity contribution in [1.82, 2.24) is 20.2 Å². The van der Waals surface area contributed by atoms with Gasteiger partial charge in [-0.05, 0) is 30.4 Å². The molecule has 1 aliphatic carbocycles. The van der Waals surface area contributed by atoms with Gasteiger partial charge < -0.3 is 4.90 Å². The van der Waals surface area contributed by atoms with Gasteiger partial charge in [0.2, 0.25) is 5.65 Å². The maximum Gasteiger partial charge on any atom is 0.202 e. The van der Waals surface area contributed by atoms with Crippen molar-refractivity contribution in [2.24, 2.45) is 11.8 Å². The summed E-state index contributed by atoms with van der Waals surface area (Å²) in [5.41, 5.74) is 3.28. The van der Waals surface area contributed by atoms with Crippen LogP contribution in [0.3, 0.4) is 0 Å². The Morgan fingerprint density at radius 1 is 1.23 bits per heavy atom. The van der Waals surface area contributed by atoms with Crippen molar-refractivity contribution in [2.75, 3.05) is 18.0 Å². The predicted octanol–water partition coefficient (Wildman–Crippen LogP) is 3.13. The summed E-state index contributed by atoms with van der Waals surface area (Å²) in [6, 6.07) is 7.66. The van der Waals surface area contributed by atoms with E-state index in [9.17, 15) is 0 Å². The minimum absolute atomic E-state index is 0.660. The third-order valence-corrected chi connectivity index (χ3v) is 4.90. The number of benzene rings is 1. The van der Waals surface area contributed by atoms with Crippen LogP contribution in [-0.2, 0) is 0 Å². The van der Waals surface area contributed by atoms with E-state index in [0.29, 0.717) is 10.7 Å². The number of piperidine rings is 1. The molecule has 2 unspecified atom stereocenters. The van der Waals surface area contributed by atoms with Gasteiger partial charge >= 0.3 is 0 Å². The van der Waals surface area contributed by atoms with Crippen LogP contribution in [0.4, 0.5) is 5.82 Å². The van der Waals surface area contributed by atoms with Gasteiger partial charge in [-0.25, -0.2) is 9.97 Å². The van der Waals surface area contributed by atoms with Crippen molar-refractivity contribution in [3.05, 3.63) is 35.5 Å². The molecular formula is C16H14ClN5. The fourth-order valence-electron chi connectivity index (χ4n) is 3.37. The normalized spacial score (nSPS) is 23.0. The number of hydrogen-bond acceptors (Lipinski definition) is 4. The summed E-state index contributed by atoms with van der Waals surface area (Å²) >= 11 is 6.07. The zero-order valence-corrected chi connectivity index (χ0v) is 12.6. The minimum atomic E-state index is 0.660. The van der Waals surface area contributed by atoms with Crippen molar-refractivity contribution in [3.63, 3.8) is 0 Å². The third kappa shape index (κ3) is 1.89. The second-order valence-corrected chi connectivity index (χ2v) is 6.61. The fourth-order valence-corrected chi connectivity index (χ4v) is 3.56. The van der Waals surface area contributed by atoms with Gasteiger partial charge in [-0.15, -0.1) is 0 Å². The van der Waals surface area contributed by atoms with Crippen molar-refractivity contribution >= 4 is 28.6 Å². The molecule has 1 aliphatic heterocycles. The Labute approximate surface area is 132 Å². The molecule has 2 aliphatic rings. The van der Waals surface area contributed by atoms with Crippen molar-refractivity contribution in [2.45, 2.75) is 6.42 Å². The Kier molecular flexibility index (Phi) is 2.50.